The highest BCUT2D eigenvalue weighted by atomic mass is 19.4. The average Bonchev–Trinajstić information content (AvgIpc) is 3.07. The Balaban J connectivity index is 2.63. The van der Waals surface area contributed by atoms with E-state index in [-0.39, 0.29) is 6.42 Å². The third kappa shape index (κ3) is 5.33. The summed E-state index contributed by atoms with van der Waals surface area (Å²) in [5.41, 5.74) is 0. The molecule has 110 valence electrons. The van der Waals surface area contributed by atoms with Gasteiger partial charge >= 0.3 is 18.2 Å². The highest BCUT2D eigenvalue weighted by Gasteiger charge is 2.41. The summed E-state index contributed by atoms with van der Waals surface area (Å²) in [5, 5.41) is 19.4. The van der Waals surface area contributed by atoms with E-state index in [1.54, 1.807) is 0 Å². The van der Waals surface area contributed by atoms with Crippen LogP contribution in [0.5, 0.6) is 0 Å². The van der Waals surface area contributed by atoms with Crippen LogP contribution in [0.3, 0.4) is 0 Å². The summed E-state index contributed by atoms with van der Waals surface area (Å²) in [7, 11) is 0. The Labute approximate surface area is 107 Å². The molecule has 0 heterocycles. The molecule has 0 aromatic heterocycles. The number of aliphatic hydroxyl groups excluding tert-OH is 1. The number of carboxylic acids is 1. The maximum absolute atomic E-state index is 12.3. The third-order valence-corrected chi connectivity index (χ3v) is 2.61. The van der Waals surface area contributed by atoms with Gasteiger partial charge in [-0.3, -0.25) is 0 Å². The summed E-state index contributed by atoms with van der Waals surface area (Å²) >= 11 is 0. The fraction of sp³-hybridized carbons (Fsp3) is 0.800. The molecule has 1 saturated carbocycles. The van der Waals surface area contributed by atoms with E-state index in [9.17, 15) is 22.8 Å². The second kappa shape index (κ2) is 6.09. The fourth-order valence-electron chi connectivity index (χ4n) is 1.56. The van der Waals surface area contributed by atoms with Gasteiger partial charge in [0, 0.05) is 19.1 Å². The molecule has 1 aliphatic rings. The van der Waals surface area contributed by atoms with Crippen LogP contribution >= 0.6 is 0 Å². The average molecular weight is 284 g/mol. The van der Waals surface area contributed by atoms with Gasteiger partial charge in [-0.15, -0.1) is 0 Å². The summed E-state index contributed by atoms with van der Waals surface area (Å²) in [4.78, 5) is 23.0. The normalized spacial score (nSPS) is 16.8. The van der Waals surface area contributed by atoms with E-state index in [4.69, 9.17) is 10.2 Å². The number of aliphatic hydroxyl groups is 1. The molecule has 2 amide bonds. The monoisotopic (exact) mass is 284 g/mol. The zero-order valence-corrected chi connectivity index (χ0v) is 9.98. The number of urea groups is 1. The topological polar surface area (TPSA) is 89.9 Å². The molecule has 0 aromatic carbocycles. The number of nitrogens with one attached hydrogen (secondary N) is 1. The Hall–Kier alpha value is -1.51. The highest BCUT2D eigenvalue weighted by Crippen LogP contribution is 2.30. The lowest BCUT2D eigenvalue weighted by atomic mass is 10.2. The van der Waals surface area contributed by atoms with E-state index in [0.717, 1.165) is 0 Å². The molecule has 6 nitrogen and oxygen atoms in total. The number of rotatable bonds is 6. The SMILES string of the molecule is O=C(O)[C@@H](CCO)NC(=O)N(CC(F)(F)F)C1CC1. The van der Waals surface area contributed by atoms with Gasteiger partial charge in [0.15, 0.2) is 0 Å². The quantitative estimate of drug-likeness (QED) is 0.664. The van der Waals surface area contributed by atoms with Gasteiger partial charge in [0.1, 0.15) is 12.6 Å². The van der Waals surface area contributed by atoms with E-state index in [1.165, 1.54) is 0 Å². The lowest BCUT2D eigenvalue weighted by molar-refractivity contribution is -0.141. The largest absolute Gasteiger partial charge is 0.480 e. The predicted molar refractivity (Wildman–Crippen MR) is 57.4 cm³/mol. The number of alkyl halides is 3. The highest BCUT2D eigenvalue weighted by molar-refractivity contribution is 5.82. The van der Waals surface area contributed by atoms with Crippen molar-refractivity contribution >= 4 is 12.0 Å². The van der Waals surface area contributed by atoms with E-state index in [1.807, 2.05) is 5.32 Å². The molecular formula is C10H15F3N2O4. The van der Waals surface area contributed by atoms with Crippen molar-refractivity contribution in [2.45, 2.75) is 37.5 Å². The number of carbonyl (C=O) groups excluding carboxylic acids is 1. The Morgan fingerprint density at radius 3 is 2.32 bits per heavy atom. The molecule has 0 radical (unpaired) electrons. The standard InChI is InChI=1S/C10H15F3N2O4/c11-10(12,13)5-15(6-1-2-6)9(19)14-7(3-4-16)8(17)18/h6-7,16H,1-5H2,(H,14,19)(H,17,18)/t7-/m1/s1. The van der Waals surface area contributed by atoms with E-state index in [0.29, 0.717) is 17.7 Å². The Kier molecular flexibility index (Phi) is 4.98. The zero-order chi connectivity index (χ0) is 14.6. The Morgan fingerprint density at radius 2 is 1.95 bits per heavy atom. The fourth-order valence-corrected chi connectivity index (χ4v) is 1.56. The van der Waals surface area contributed by atoms with Crippen molar-refractivity contribution in [2.24, 2.45) is 0 Å². The first-order chi connectivity index (χ1) is 8.74. The van der Waals surface area contributed by atoms with Gasteiger partial charge in [-0.25, -0.2) is 9.59 Å². The van der Waals surface area contributed by atoms with Crippen LogP contribution in [-0.4, -0.2) is 58.5 Å². The molecule has 19 heavy (non-hydrogen) atoms. The molecule has 0 spiro atoms. The minimum Gasteiger partial charge on any atom is -0.480 e. The van der Waals surface area contributed by atoms with Gasteiger partial charge in [-0.2, -0.15) is 13.2 Å². The van der Waals surface area contributed by atoms with Gasteiger partial charge in [0.05, 0.1) is 0 Å². The maximum Gasteiger partial charge on any atom is 0.406 e. The van der Waals surface area contributed by atoms with Gasteiger partial charge in [-0.1, -0.05) is 0 Å². The number of hydrogen-bond donors (Lipinski definition) is 3. The van der Waals surface area contributed by atoms with E-state index < -0.39 is 43.4 Å². The molecular weight excluding hydrogens is 269 g/mol. The maximum atomic E-state index is 12.3. The second-order valence-electron chi connectivity index (χ2n) is 4.33. The summed E-state index contributed by atoms with van der Waals surface area (Å²) in [6.45, 7) is -1.89. The van der Waals surface area contributed by atoms with Crippen molar-refractivity contribution in [2.75, 3.05) is 13.2 Å². The van der Waals surface area contributed by atoms with E-state index >= 15 is 0 Å². The van der Waals surface area contributed by atoms with Gasteiger partial charge < -0.3 is 20.4 Å². The smallest absolute Gasteiger partial charge is 0.406 e. The Morgan fingerprint density at radius 1 is 1.37 bits per heavy atom. The first-order valence-corrected chi connectivity index (χ1v) is 5.72. The predicted octanol–water partition coefficient (Wildman–Crippen LogP) is 0.558. The molecule has 0 saturated heterocycles. The van der Waals surface area contributed by atoms with Crippen molar-refractivity contribution < 1.29 is 33.0 Å². The van der Waals surface area contributed by atoms with Gasteiger partial charge in [-0.05, 0) is 12.8 Å². The van der Waals surface area contributed by atoms with Crippen molar-refractivity contribution in [3.8, 4) is 0 Å². The van der Waals surface area contributed by atoms with Crippen LogP contribution in [0.2, 0.25) is 0 Å². The lowest BCUT2D eigenvalue weighted by Gasteiger charge is -2.25. The summed E-state index contributed by atoms with van der Waals surface area (Å²) in [6, 6.07) is -2.96. The minimum absolute atomic E-state index is 0.258. The molecule has 0 aromatic rings. The molecule has 1 rings (SSSR count). The van der Waals surface area contributed by atoms with Crippen molar-refractivity contribution in [3.63, 3.8) is 0 Å². The van der Waals surface area contributed by atoms with Crippen LogP contribution in [0.1, 0.15) is 19.3 Å². The number of halogens is 3. The molecule has 0 aliphatic heterocycles. The second-order valence-corrected chi connectivity index (χ2v) is 4.33. The summed E-state index contributed by atoms with van der Waals surface area (Å²) in [5.74, 6) is -1.40. The van der Waals surface area contributed by atoms with Crippen LogP contribution in [0, 0.1) is 0 Å². The van der Waals surface area contributed by atoms with Crippen LogP contribution in [0.15, 0.2) is 0 Å². The lowest BCUT2D eigenvalue weighted by Crippen LogP contribution is -2.51. The van der Waals surface area contributed by atoms with Gasteiger partial charge in [0.25, 0.3) is 0 Å². The third-order valence-electron chi connectivity index (χ3n) is 2.61. The van der Waals surface area contributed by atoms with Gasteiger partial charge in [0.2, 0.25) is 0 Å². The van der Waals surface area contributed by atoms with Crippen molar-refractivity contribution in [3.05, 3.63) is 0 Å². The summed E-state index contributed by atoms with van der Waals surface area (Å²) in [6.07, 6.45) is -3.84. The van der Waals surface area contributed by atoms with Crippen LogP contribution in [0.4, 0.5) is 18.0 Å². The molecule has 1 aliphatic carbocycles. The number of nitrogens with zero attached hydrogens (tertiary/aromatic N) is 1. The van der Waals surface area contributed by atoms with Crippen molar-refractivity contribution in [1.82, 2.24) is 10.2 Å². The van der Waals surface area contributed by atoms with Crippen LogP contribution < -0.4 is 5.32 Å². The first kappa shape index (κ1) is 15.5. The molecule has 1 atom stereocenters. The molecule has 0 bridgehead atoms. The molecule has 1 fully saturated rings. The molecule has 0 unspecified atom stereocenters. The van der Waals surface area contributed by atoms with Crippen LogP contribution in [-0.2, 0) is 4.79 Å². The number of aliphatic carboxylic acids is 1. The van der Waals surface area contributed by atoms with Crippen LogP contribution in [0.25, 0.3) is 0 Å². The number of carboxylic acid groups (broad SMARTS) is 1. The Bertz CT molecular complexity index is 344. The number of carbonyl (C=O) groups is 2. The first-order valence-electron chi connectivity index (χ1n) is 5.72. The minimum atomic E-state index is -4.53. The molecule has 3 N–H and O–H groups in total. The number of amides is 2. The number of hydrogen-bond acceptors (Lipinski definition) is 3. The molecule has 9 heteroatoms. The van der Waals surface area contributed by atoms with E-state index in [2.05, 4.69) is 0 Å². The van der Waals surface area contributed by atoms with Crippen molar-refractivity contribution in [1.29, 1.82) is 0 Å². The zero-order valence-electron chi connectivity index (χ0n) is 9.98. The summed E-state index contributed by atoms with van der Waals surface area (Å²) < 4.78 is 37.0.